The molecule has 1 unspecified atom stereocenters. The van der Waals surface area contributed by atoms with Crippen LogP contribution in [-0.2, 0) is 4.74 Å². The molecule has 1 saturated heterocycles. The van der Waals surface area contributed by atoms with Crippen molar-refractivity contribution in [1.29, 1.82) is 0 Å². The van der Waals surface area contributed by atoms with Crippen molar-refractivity contribution in [3.8, 4) is 12.3 Å². The third-order valence-corrected chi connectivity index (χ3v) is 2.91. The van der Waals surface area contributed by atoms with Gasteiger partial charge in [0, 0.05) is 11.8 Å². The van der Waals surface area contributed by atoms with Crippen molar-refractivity contribution < 1.29 is 14.9 Å². The summed E-state index contributed by atoms with van der Waals surface area (Å²) >= 11 is 0. The Bertz CT molecular complexity index is 666. The molecule has 1 aliphatic heterocycles. The van der Waals surface area contributed by atoms with Gasteiger partial charge in [-0.25, -0.2) is 4.79 Å². The molecule has 100 valence electrons. The second kappa shape index (κ2) is 4.85. The second-order valence-corrected chi connectivity index (χ2v) is 4.08. The average Bonchev–Trinajstić information content (AvgIpc) is 2.67. The van der Waals surface area contributed by atoms with Crippen molar-refractivity contribution in [2.75, 3.05) is 6.61 Å². The largest absolute Gasteiger partial charge is 0.394 e. The number of hydrogen-bond acceptors (Lipinski definition) is 5. The fourth-order valence-corrected chi connectivity index (χ4v) is 1.86. The van der Waals surface area contributed by atoms with Crippen LogP contribution in [0, 0.1) is 12.3 Å². The molecule has 1 aromatic heterocycles. The Hall–Kier alpha value is -2.14. The molecule has 1 aliphatic rings. The highest BCUT2D eigenvalue weighted by Gasteiger charge is 2.38. The van der Waals surface area contributed by atoms with Crippen LogP contribution in [-0.4, -0.2) is 38.6 Å². The molecule has 7 nitrogen and oxygen atoms in total. The number of hydrogen-bond donors (Lipinski definition) is 3. The van der Waals surface area contributed by atoms with Crippen molar-refractivity contribution in [1.82, 2.24) is 9.55 Å². The first-order valence-electron chi connectivity index (χ1n) is 5.44. The lowest BCUT2D eigenvalue weighted by molar-refractivity contribution is -0.0447. The van der Waals surface area contributed by atoms with E-state index in [9.17, 15) is 14.7 Å². The van der Waals surface area contributed by atoms with Gasteiger partial charge in [-0.3, -0.25) is 14.3 Å². The second-order valence-electron chi connectivity index (χ2n) is 4.08. The summed E-state index contributed by atoms with van der Waals surface area (Å²) in [7, 11) is 0. The lowest BCUT2D eigenvalue weighted by atomic mass is 10.1. The highest BCUT2D eigenvalue weighted by molar-refractivity contribution is 5.27. The normalized spacial score (nSPS) is 26.4. The summed E-state index contributed by atoms with van der Waals surface area (Å²) < 4.78 is 6.34. The molecule has 0 aliphatic carbocycles. The van der Waals surface area contributed by atoms with Crippen LogP contribution in [0.1, 0.15) is 11.8 Å². The van der Waals surface area contributed by atoms with Crippen LogP contribution in [0.2, 0.25) is 0 Å². The third-order valence-electron chi connectivity index (χ3n) is 2.91. The molecule has 1 aromatic rings. The van der Waals surface area contributed by atoms with Gasteiger partial charge in [-0.05, 0) is 0 Å². The minimum Gasteiger partial charge on any atom is -0.394 e. The fourth-order valence-electron chi connectivity index (χ4n) is 1.86. The zero-order valence-corrected chi connectivity index (χ0v) is 9.87. The molecule has 0 spiro atoms. The Morgan fingerprint density at radius 1 is 1.58 bits per heavy atom. The number of aliphatic hydroxyl groups excluding tert-OH is 2. The number of terminal acetylenes is 1. The van der Waals surface area contributed by atoms with Gasteiger partial charge in [-0.1, -0.05) is 12.5 Å². The van der Waals surface area contributed by atoms with Gasteiger partial charge < -0.3 is 14.9 Å². The van der Waals surface area contributed by atoms with E-state index in [4.69, 9.17) is 16.3 Å². The Morgan fingerprint density at radius 3 is 2.79 bits per heavy atom. The summed E-state index contributed by atoms with van der Waals surface area (Å²) in [5, 5.41) is 18.8. The predicted octanol–water partition coefficient (Wildman–Crippen LogP) is -1.68. The highest BCUT2D eigenvalue weighted by atomic mass is 16.5. The number of aliphatic hydroxyl groups is 2. The van der Waals surface area contributed by atoms with Crippen LogP contribution in [0.5, 0.6) is 0 Å². The Balaban J connectivity index is 2.50. The SMILES string of the molecule is C#Cc1cn([C@H]2O[C@@H](CO)C(O)C2=C)c(=O)[nH]c1=O. The van der Waals surface area contributed by atoms with E-state index < -0.39 is 36.3 Å². The summed E-state index contributed by atoms with van der Waals surface area (Å²) in [6.45, 7) is 3.20. The van der Waals surface area contributed by atoms with E-state index in [1.165, 1.54) is 0 Å². The standard InChI is InChI=1S/C12H12N2O5/c1-3-7-4-14(12(18)13-10(7)17)11-6(2)9(16)8(5-15)19-11/h1,4,8-9,11,15-16H,2,5H2,(H,13,17,18)/t8-,9?,11-/m0/s1. The maximum atomic E-state index is 11.7. The first-order valence-corrected chi connectivity index (χ1v) is 5.44. The van der Waals surface area contributed by atoms with E-state index in [-0.39, 0.29) is 11.1 Å². The van der Waals surface area contributed by atoms with Crippen molar-refractivity contribution in [3.05, 3.63) is 44.8 Å². The molecule has 0 bridgehead atoms. The molecular weight excluding hydrogens is 252 g/mol. The lowest BCUT2D eigenvalue weighted by Gasteiger charge is -2.14. The van der Waals surface area contributed by atoms with Crippen LogP contribution in [0.3, 0.4) is 0 Å². The monoisotopic (exact) mass is 264 g/mol. The van der Waals surface area contributed by atoms with Gasteiger partial charge in [0.25, 0.3) is 5.56 Å². The van der Waals surface area contributed by atoms with Gasteiger partial charge in [0.2, 0.25) is 0 Å². The van der Waals surface area contributed by atoms with Crippen LogP contribution >= 0.6 is 0 Å². The summed E-state index contributed by atoms with van der Waals surface area (Å²) in [6, 6.07) is 0. The Morgan fingerprint density at radius 2 is 2.26 bits per heavy atom. The molecule has 0 amide bonds. The molecule has 2 rings (SSSR count). The molecule has 0 aromatic carbocycles. The van der Waals surface area contributed by atoms with Crippen LogP contribution < -0.4 is 11.2 Å². The number of H-pyrrole nitrogens is 1. The quantitative estimate of drug-likeness (QED) is 0.437. The first-order chi connectivity index (χ1) is 8.99. The average molecular weight is 264 g/mol. The molecule has 0 radical (unpaired) electrons. The molecule has 7 heteroatoms. The Kier molecular flexibility index (Phi) is 3.40. The van der Waals surface area contributed by atoms with Crippen LogP contribution in [0.15, 0.2) is 27.9 Å². The number of rotatable bonds is 2. The number of ether oxygens (including phenoxy) is 1. The van der Waals surface area contributed by atoms with Gasteiger partial charge in [0.05, 0.1) is 6.61 Å². The van der Waals surface area contributed by atoms with Crippen molar-refractivity contribution in [2.45, 2.75) is 18.4 Å². The maximum Gasteiger partial charge on any atom is 0.330 e. The minimum atomic E-state index is -1.09. The molecule has 2 heterocycles. The zero-order valence-electron chi connectivity index (χ0n) is 9.87. The minimum absolute atomic E-state index is 0.0436. The van der Waals surface area contributed by atoms with Crippen molar-refractivity contribution in [3.63, 3.8) is 0 Å². The number of nitrogens with one attached hydrogen (secondary N) is 1. The fraction of sp³-hybridized carbons (Fsp3) is 0.333. The predicted molar refractivity (Wildman–Crippen MR) is 65.4 cm³/mol. The van der Waals surface area contributed by atoms with Crippen molar-refractivity contribution >= 4 is 0 Å². The molecule has 1 fully saturated rings. The van der Waals surface area contributed by atoms with E-state index in [1.807, 2.05) is 4.98 Å². The summed E-state index contributed by atoms with van der Waals surface area (Å²) in [6.07, 6.45) is 3.36. The number of aromatic nitrogens is 2. The molecule has 3 N–H and O–H groups in total. The van der Waals surface area contributed by atoms with E-state index >= 15 is 0 Å². The summed E-state index contributed by atoms with van der Waals surface area (Å²) in [5.41, 5.74) is -1.25. The van der Waals surface area contributed by atoms with Gasteiger partial charge in [-0.2, -0.15) is 0 Å². The maximum absolute atomic E-state index is 11.7. The third kappa shape index (κ3) is 2.13. The number of nitrogens with zero attached hydrogens (tertiary/aromatic N) is 1. The van der Waals surface area contributed by atoms with Crippen LogP contribution in [0.4, 0.5) is 0 Å². The van der Waals surface area contributed by atoms with Gasteiger partial charge in [0.15, 0.2) is 6.23 Å². The zero-order chi connectivity index (χ0) is 14.2. The topological polar surface area (TPSA) is 105 Å². The molecule has 3 atom stereocenters. The highest BCUT2D eigenvalue weighted by Crippen LogP contribution is 2.31. The summed E-state index contributed by atoms with van der Waals surface area (Å²) in [5.74, 6) is 2.14. The summed E-state index contributed by atoms with van der Waals surface area (Å²) in [4.78, 5) is 25.1. The van der Waals surface area contributed by atoms with Crippen molar-refractivity contribution in [2.24, 2.45) is 0 Å². The van der Waals surface area contributed by atoms with Gasteiger partial charge in [0.1, 0.15) is 17.8 Å². The number of aromatic amines is 1. The van der Waals surface area contributed by atoms with E-state index in [0.29, 0.717) is 0 Å². The van der Waals surface area contributed by atoms with E-state index in [2.05, 4.69) is 12.5 Å². The molecule has 19 heavy (non-hydrogen) atoms. The van der Waals surface area contributed by atoms with Gasteiger partial charge in [-0.15, -0.1) is 6.42 Å². The molecular formula is C12H12N2O5. The smallest absolute Gasteiger partial charge is 0.330 e. The molecule has 0 saturated carbocycles. The first kappa shape index (κ1) is 13.3. The van der Waals surface area contributed by atoms with Crippen LogP contribution in [0.25, 0.3) is 0 Å². The lowest BCUT2D eigenvalue weighted by Crippen LogP contribution is -2.34. The van der Waals surface area contributed by atoms with E-state index in [0.717, 1.165) is 10.8 Å². The van der Waals surface area contributed by atoms with Gasteiger partial charge >= 0.3 is 5.69 Å². The van der Waals surface area contributed by atoms with E-state index in [1.54, 1.807) is 0 Å². The Labute approximate surface area is 107 Å².